The van der Waals surface area contributed by atoms with E-state index in [1.54, 1.807) is 31.2 Å². The monoisotopic (exact) mass is 505 g/mol. The van der Waals surface area contributed by atoms with Gasteiger partial charge in [0.1, 0.15) is 5.00 Å². The van der Waals surface area contributed by atoms with E-state index in [1.807, 2.05) is 0 Å². The van der Waals surface area contributed by atoms with E-state index in [0.717, 1.165) is 34.9 Å². The van der Waals surface area contributed by atoms with Crippen molar-refractivity contribution in [2.45, 2.75) is 52.6 Å². The fraction of sp³-hybridized carbons (Fsp3) is 0.417. The van der Waals surface area contributed by atoms with Gasteiger partial charge in [-0.1, -0.05) is 0 Å². The second-order valence-corrected chi connectivity index (χ2v) is 9.47. The van der Waals surface area contributed by atoms with E-state index >= 15 is 0 Å². The fourth-order valence-electron chi connectivity index (χ4n) is 4.17. The van der Waals surface area contributed by atoms with Gasteiger partial charge in [0, 0.05) is 42.4 Å². The van der Waals surface area contributed by atoms with Crippen molar-refractivity contribution in [2.24, 2.45) is 0 Å². The highest BCUT2D eigenvalue weighted by Crippen LogP contribution is 2.38. The molecule has 8 nitrogen and oxygen atoms in total. The van der Waals surface area contributed by atoms with Crippen molar-refractivity contribution in [3.8, 4) is 0 Å². The van der Waals surface area contributed by atoms with Gasteiger partial charge in [0.25, 0.3) is 5.91 Å². The van der Waals surface area contributed by atoms with Gasteiger partial charge >= 0.3 is 5.97 Å². The summed E-state index contributed by atoms with van der Waals surface area (Å²) in [5.41, 5.74) is 2.21. The lowest BCUT2D eigenvalue weighted by molar-refractivity contribution is -0.121. The highest BCUT2D eigenvalue weighted by Gasteiger charge is 2.31. The summed E-state index contributed by atoms with van der Waals surface area (Å²) in [6.07, 6.45) is 1.13. The summed E-state index contributed by atoms with van der Waals surface area (Å²) < 4.78 is 5.28. The largest absolute Gasteiger partial charge is 0.462 e. The van der Waals surface area contributed by atoms with Crippen LogP contribution in [0.2, 0.25) is 0 Å². The summed E-state index contributed by atoms with van der Waals surface area (Å²) in [4.78, 5) is 54.1. The van der Waals surface area contributed by atoms with Gasteiger partial charge in [0.05, 0.1) is 17.9 Å². The Morgan fingerprint density at radius 1 is 1.09 bits per heavy atom. The predicted octanol–water partition coefficient (Wildman–Crippen LogP) is 4.02. The summed E-state index contributed by atoms with van der Waals surface area (Å²) in [5, 5.41) is 3.38. The molecule has 1 saturated heterocycles. The number of benzene rings is 1. The maximum Gasteiger partial charge on any atom is 0.341 e. The Morgan fingerprint density at radius 2 is 1.74 bits per heavy atom. The van der Waals surface area contributed by atoms with Gasteiger partial charge in [0.15, 0.2) is 0 Å². The number of hydrogen-bond acceptors (Lipinski definition) is 7. The third kappa shape index (κ3) is 5.01. The van der Waals surface area contributed by atoms with Crippen molar-refractivity contribution in [1.29, 1.82) is 0 Å². The van der Waals surface area contributed by atoms with E-state index < -0.39 is 5.97 Å². The Hall–Kier alpha value is -2.75. The summed E-state index contributed by atoms with van der Waals surface area (Å²) in [6.45, 7) is 7.86. The third-order valence-corrected chi connectivity index (χ3v) is 7.09. The Morgan fingerprint density at radius 3 is 2.32 bits per heavy atom. The number of rotatable bonds is 6. The molecular weight excluding hydrogens is 478 g/mol. The zero-order valence-electron chi connectivity index (χ0n) is 19.4. The Labute approximate surface area is 208 Å². The first-order chi connectivity index (χ1) is 15.8. The van der Waals surface area contributed by atoms with Crippen LogP contribution in [-0.4, -0.2) is 47.8 Å². The van der Waals surface area contributed by atoms with Crippen molar-refractivity contribution in [3.63, 3.8) is 0 Å². The van der Waals surface area contributed by atoms with E-state index in [9.17, 15) is 19.2 Å². The van der Waals surface area contributed by atoms with Gasteiger partial charge in [-0.3, -0.25) is 24.2 Å². The lowest BCUT2D eigenvalue weighted by atomic mass is 10.0. The minimum Gasteiger partial charge on any atom is -0.462 e. The number of esters is 1. The molecule has 2 aliphatic rings. The molecule has 182 valence electrons. The molecule has 3 heterocycles. The van der Waals surface area contributed by atoms with Crippen LogP contribution < -0.4 is 10.2 Å². The van der Waals surface area contributed by atoms with Crippen LogP contribution in [0.25, 0.3) is 0 Å². The first-order valence-corrected chi connectivity index (χ1v) is 11.9. The number of hydrogen-bond donors (Lipinski definition) is 1. The second-order valence-electron chi connectivity index (χ2n) is 8.37. The molecule has 1 fully saturated rings. The number of imide groups is 1. The zero-order chi connectivity index (χ0) is 23.7. The van der Waals surface area contributed by atoms with Gasteiger partial charge in [-0.2, -0.15) is 0 Å². The average Bonchev–Trinajstić information content (AvgIpc) is 3.32. The van der Waals surface area contributed by atoms with E-state index in [4.69, 9.17) is 4.74 Å². The van der Waals surface area contributed by atoms with Crippen LogP contribution in [0, 0.1) is 0 Å². The van der Waals surface area contributed by atoms with E-state index in [-0.39, 0.29) is 49.6 Å². The summed E-state index contributed by atoms with van der Waals surface area (Å²) in [7, 11) is 0. The molecule has 0 saturated carbocycles. The normalized spacial score (nSPS) is 15.8. The van der Waals surface area contributed by atoms with Crippen LogP contribution in [0.5, 0.6) is 0 Å². The Bertz CT molecular complexity index is 1100. The molecule has 0 bridgehead atoms. The second kappa shape index (κ2) is 10.7. The molecule has 1 aromatic heterocycles. The van der Waals surface area contributed by atoms with Gasteiger partial charge in [-0.25, -0.2) is 4.79 Å². The minimum atomic E-state index is -0.426. The SMILES string of the molecule is CCOC(=O)c1c(NC(=O)c2ccc(N3C(=O)CCC3=O)cc2)sc2c1CCN(C(C)C)C2.Cl. The molecule has 1 aromatic carbocycles. The minimum absolute atomic E-state index is 0. The number of nitrogens with one attached hydrogen (secondary N) is 1. The molecule has 34 heavy (non-hydrogen) atoms. The van der Waals surface area contributed by atoms with Gasteiger partial charge in [-0.15, -0.1) is 23.7 Å². The lowest BCUT2D eigenvalue weighted by Gasteiger charge is -2.30. The molecular formula is C24H28ClN3O5S. The fourth-order valence-corrected chi connectivity index (χ4v) is 5.43. The highest BCUT2D eigenvalue weighted by atomic mass is 35.5. The topological polar surface area (TPSA) is 96.0 Å². The Balaban J connectivity index is 0.00000324. The number of carbonyl (C=O) groups is 4. The van der Waals surface area contributed by atoms with Crippen molar-refractivity contribution in [3.05, 3.63) is 45.8 Å². The molecule has 0 aliphatic carbocycles. The van der Waals surface area contributed by atoms with E-state index in [1.165, 1.54) is 11.3 Å². The summed E-state index contributed by atoms with van der Waals surface area (Å²) in [6, 6.07) is 6.70. The molecule has 0 unspecified atom stereocenters. The summed E-state index contributed by atoms with van der Waals surface area (Å²) >= 11 is 1.41. The van der Waals surface area contributed by atoms with Crippen LogP contribution in [-0.2, 0) is 27.3 Å². The Kier molecular flexibility index (Phi) is 8.12. The number of thiophene rings is 1. The van der Waals surface area contributed by atoms with Crippen molar-refractivity contribution >= 4 is 58.1 Å². The smallest absolute Gasteiger partial charge is 0.341 e. The first kappa shape index (κ1) is 25.9. The molecule has 0 spiro atoms. The lowest BCUT2D eigenvalue weighted by Crippen LogP contribution is -2.35. The zero-order valence-corrected chi connectivity index (χ0v) is 21.0. The molecule has 0 atom stereocenters. The number of halogens is 1. The van der Waals surface area contributed by atoms with Crippen LogP contribution in [0.4, 0.5) is 10.7 Å². The number of nitrogens with zero attached hydrogens (tertiary/aromatic N) is 2. The van der Waals surface area contributed by atoms with Crippen LogP contribution in [0.15, 0.2) is 24.3 Å². The van der Waals surface area contributed by atoms with Crippen molar-refractivity contribution in [2.75, 3.05) is 23.4 Å². The van der Waals surface area contributed by atoms with Gasteiger partial charge in [0.2, 0.25) is 11.8 Å². The van der Waals surface area contributed by atoms with Crippen molar-refractivity contribution in [1.82, 2.24) is 4.90 Å². The number of fused-ring (bicyclic) bond motifs is 1. The number of amides is 3. The summed E-state index contributed by atoms with van der Waals surface area (Å²) in [5.74, 6) is -1.28. The van der Waals surface area contributed by atoms with Crippen LogP contribution >= 0.6 is 23.7 Å². The van der Waals surface area contributed by atoms with E-state index in [0.29, 0.717) is 27.9 Å². The van der Waals surface area contributed by atoms with Crippen LogP contribution in [0.3, 0.4) is 0 Å². The van der Waals surface area contributed by atoms with Crippen LogP contribution in [0.1, 0.15) is 64.8 Å². The molecule has 3 amide bonds. The van der Waals surface area contributed by atoms with E-state index in [2.05, 4.69) is 24.1 Å². The standard InChI is InChI=1S/C24H27N3O5S.ClH/c1-4-32-24(31)21-17-11-12-26(14(2)3)13-18(17)33-23(21)25-22(30)15-5-7-16(8-6-15)27-19(28)9-10-20(27)29;/h5-8,14H,4,9-13H2,1-3H3,(H,25,30);1H. The van der Waals surface area contributed by atoms with Crippen molar-refractivity contribution < 1.29 is 23.9 Å². The molecule has 2 aromatic rings. The maximum atomic E-state index is 13.0. The highest BCUT2D eigenvalue weighted by molar-refractivity contribution is 7.17. The molecule has 10 heteroatoms. The molecule has 1 N–H and O–H groups in total. The molecule has 2 aliphatic heterocycles. The third-order valence-electron chi connectivity index (χ3n) is 5.96. The number of carbonyl (C=O) groups excluding carboxylic acids is 4. The maximum absolute atomic E-state index is 13.0. The number of anilines is 2. The predicted molar refractivity (Wildman–Crippen MR) is 133 cm³/mol. The quantitative estimate of drug-likeness (QED) is 0.470. The van der Waals surface area contributed by atoms with Gasteiger partial charge in [-0.05, 0) is 57.0 Å². The average molecular weight is 506 g/mol. The first-order valence-electron chi connectivity index (χ1n) is 11.1. The number of ether oxygens (including phenoxy) is 1. The molecule has 4 rings (SSSR count). The van der Waals surface area contributed by atoms with Gasteiger partial charge < -0.3 is 10.1 Å². The molecule has 0 radical (unpaired) electrons.